The summed E-state index contributed by atoms with van der Waals surface area (Å²) >= 11 is 7.05. The summed E-state index contributed by atoms with van der Waals surface area (Å²) in [5.74, 6) is -0.882. The summed E-state index contributed by atoms with van der Waals surface area (Å²) in [6, 6.07) is 10.2. The van der Waals surface area contributed by atoms with Crippen molar-refractivity contribution < 1.29 is 22.7 Å². The van der Waals surface area contributed by atoms with E-state index in [1.165, 1.54) is 17.8 Å². The van der Waals surface area contributed by atoms with E-state index in [0.717, 1.165) is 17.7 Å². The number of nitrogens with zero attached hydrogens (tertiary/aromatic N) is 3. The molecule has 0 spiro atoms. The Bertz CT molecular complexity index is 1060. The van der Waals surface area contributed by atoms with Crippen LogP contribution in [-0.4, -0.2) is 46.0 Å². The van der Waals surface area contributed by atoms with Gasteiger partial charge in [0.2, 0.25) is 11.8 Å². The Morgan fingerprint density at radius 3 is 2.61 bits per heavy atom. The Morgan fingerprint density at radius 1 is 1.16 bits per heavy atom. The zero-order valence-electron chi connectivity index (χ0n) is 16.3. The van der Waals surface area contributed by atoms with Crippen molar-refractivity contribution in [2.24, 2.45) is 0 Å². The molecular weight excluding hydrogens is 448 g/mol. The van der Waals surface area contributed by atoms with Crippen molar-refractivity contribution >= 4 is 29.3 Å². The van der Waals surface area contributed by atoms with Gasteiger partial charge >= 0.3 is 0 Å². The molecular formula is C21H18ClF2N3O3S. The molecule has 0 atom stereocenters. The summed E-state index contributed by atoms with van der Waals surface area (Å²) in [5.41, 5.74) is 0.745. The molecule has 10 heteroatoms. The molecule has 0 N–H and O–H groups in total. The van der Waals surface area contributed by atoms with Gasteiger partial charge in [0, 0.05) is 42.6 Å². The van der Waals surface area contributed by atoms with E-state index >= 15 is 0 Å². The highest BCUT2D eigenvalue weighted by molar-refractivity contribution is 7.99. The van der Waals surface area contributed by atoms with Crippen molar-refractivity contribution in [3.8, 4) is 17.2 Å². The molecule has 1 saturated heterocycles. The van der Waals surface area contributed by atoms with Crippen molar-refractivity contribution in [2.45, 2.75) is 24.2 Å². The maximum Gasteiger partial charge on any atom is 0.277 e. The molecule has 2 heterocycles. The zero-order valence-corrected chi connectivity index (χ0v) is 17.8. The Labute approximate surface area is 186 Å². The van der Waals surface area contributed by atoms with Crippen molar-refractivity contribution in [1.29, 1.82) is 0 Å². The quantitative estimate of drug-likeness (QED) is 0.486. The molecule has 1 fully saturated rings. The van der Waals surface area contributed by atoms with Crippen molar-refractivity contribution in [3.05, 3.63) is 59.1 Å². The summed E-state index contributed by atoms with van der Waals surface area (Å²) in [5, 5.41) is 8.88. The number of hydrogen-bond donors (Lipinski definition) is 0. The number of rotatable bonds is 6. The van der Waals surface area contributed by atoms with Gasteiger partial charge in [0.25, 0.3) is 5.22 Å². The van der Waals surface area contributed by atoms with Crippen LogP contribution in [0.4, 0.5) is 8.78 Å². The van der Waals surface area contributed by atoms with Gasteiger partial charge in [0.05, 0.1) is 5.75 Å². The molecule has 3 aromatic rings. The van der Waals surface area contributed by atoms with Crippen LogP contribution in [0.2, 0.25) is 5.02 Å². The van der Waals surface area contributed by atoms with Crippen LogP contribution in [0.25, 0.3) is 11.5 Å². The molecule has 0 radical (unpaired) electrons. The van der Waals surface area contributed by atoms with Gasteiger partial charge in [-0.3, -0.25) is 4.79 Å². The topological polar surface area (TPSA) is 68.5 Å². The van der Waals surface area contributed by atoms with E-state index in [-0.39, 0.29) is 23.5 Å². The minimum Gasteiger partial charge on any atom is -0.487 e. The standard InChI is InChI=1S/C21H18ClF2N3O3S/c22-14-3-1-13(2-4-14)20-25-26-21(30-20)31-12-19(28)27-9-7-16(8-10-27)29-18-6-5-15(23)11-17(18)24/h1-6,11,16H,7-10,12H2. The van der Waals surface area contributed by atoms with Gasteiger partial charge in [-0.15, -0.1) is 10.2 Å². The number of hydrogen-bond acceptors (Lipinski definition) is 6. The van der Waals surface area contributed by atoms with Crippen LogP contribution < -0.4 is 4.74 Å². The number of piperidine rings is 1. The van der Waals surface area contributed by atoms with Gasteiger partial charge < -0.3 is 14.1 Å². The normalized spacial score (nSPS) is 14.6. The van der Waals surface area contributed by atoms with Crippen LogP contribution in [0.15, 0.2) is 52.1 Å². The predicted octanol–water partition coefficient (Wildman–Crippen LogP) is 4.83. The molecule has 1 aliphatic rings. The molecule has 0 aliphatic carbocycles. The lowest BCUT2D eigenvalue weighted by Gasteiger charge is -2.32. The number of amides is 1. The van der Waals surface area contributed by atoms with Gasteiger partial charge in [-0.1, -0.05) is 23.4 Å². The number of halogens is 3. The molecule has 0 bridgehead atoms. The van der Waals surface area contributed by atoms with E-state index in [1.807, 2.05) is 0 Å². The van der Waals surface area contributed by atoms with Gasteiger partial charge in [0.15, 0.2) is 11.6 Å². The Morgan fingerprint density at radius 2 is 1.90 bits per heavy atom. The van der Waals surface area contributed by atoms with Gasteiger partial charge in [-0.05, 0) is 36.4 Å². The molecule has 2 aromatic carbocycles. The first kappa shape index (κ1) is 21.6. The Balaban J connectivity index is 1.24. The molecule has 162 valence electrons. The number of likely N-dealkylation sites (tertiary alicyclic amines) is 1. The highest BCUT2D eigenvalue weighted by atomic mass is 35.5. The molecule has 1 aliphatic heterocycles. The first-order chi connectivity index (χ1) is 15.0. The van der Waals surface area contributed by atoms with E-state index in [9.17, 15) is 13.6 Å². The largest absolute Gasteiger partial charge is 0.487 e. The third kappa shape index (κ3) is 5.54. The number of carbonyl (C=O) groups excluding carboxylic acids is 1. The van der Waals surface area contributed by atoms with Gasteiger partial charge in [-0.25, -0.2) is 8.78 Å². The van der Waals surface area contributed by atoms with Crippen molar-refractivity contribution in [1.82, 2.24) is 15.1 Å². The second-order valence-electron chi connectivity index (χ2n) is 6.94. The highest BCUT2D eigenvalue weighted by Crippen LogP contribution is 2.26. The second kappa shape index (κ2) is 9.65. The van der Waals surface area contributed by atoms with E-state index in [2.05, 4.69) is 10.2 Å². The average Bonchev–Trinajstić information content (AvgIpc) is 3.24. The lowest BCUT2D eigenvalue weighted by molar-refractivity contribution is -0.130. The molecule has 0 saturated carbocycles. The minimum absolute atomic E-state index is 0.0228. The van der Waals surface area contributed by atoms with Crippen LogP contribution in [0.3, 0.4) is 0 Å². The van der Waals surface area contributed by atoms with Crippen LogP contribution in [0, 0.1) is 11.6 Å². The van der Waals surface area contributed by atoms with E-state index < -0.39 is 11.6 Å². The number of thioether (sulfide) groups is 1. The second-order valence-corrected chi connectivity index (χ2v) is 8.30. The van der Waals surface area contributed by atoms with Gasteiger partial charge in [-0.2, -0.15) is 0 Å². The first-order valence-electron chi connectivity index (χ1n) is 9.59. The summed E-state index contributed by atoms with van der Waals surface area (Å²) in [6.45, 7) is 0.986. The average molecular weight is 466 g/mol. The molecule has 1 amide bonds. The smallest absolute Gasteiger partial charge is 0.277 e. The fourth-order valence-corrected chi connectivity index (χ4v) is 3.96. The third-order valence-electron chi connectivity index (χ3n) is 4.80. The molecule has 1 aromatic heterocycles. The van der Waals surface area contributed by atoms with Crippen LogP contribution in [-0.2, 0) is 4.79 Å². The summed E-state index contributed by atoms with van der Waals surface area (Å²) in [7, 11) is 0. The summed E-state index contributed by atoms with van der Waals surface area (Å²) in [6.07, 6.45) is 0.901. The fourth-order valence-electron chi connectivity index (χ4n) is 3.17. The third-order valence-corrected chi connectivity index (χ3v) is 5.85. The Hall–Kier alpha value is -2.65. The Kier molecular flexibility index (Phi) is 6.72. The van der Waals surface area contributed by atoms with Crippen LogP contribution in [0.5, 0.6) is 5.75 Å². The van der Waals surface area contributed by atoms with E-state index in [1.54, 1.807) is 29.2 Å². The zero-order chi connectivity index (χ0) is 21.8. The fraction of sp³-hybridized carbons (Fsp3) is 0.286. The molecule has 4 rings (SSSR count). The summed E-state index contributed by atoms with van der Waals surface area (Å²) < 4.78 is 38.0. The minimum atomic E-state index is -0.729. The van der Waals surface area contributed by atoms with Crippen molar-refractivity contribution in [2.75, 3.05) is 18.8 Å². The highest BCUT2D eigenvalue weighted by Gasteiger charge is 2.25. The number of benzene rings is 2. The maximum atomic E-state index is 13.7. The monoisotopic (exact) mass is 465 g/mol. The number of carbonyl (C=O) groups is 1. The lowest BCUT2D eigenvalue weighted by atomic mass is 10.1. The van der Waals surface area contributed by atoms with Gasteiger partial charge in [0.1, 0.15) is 11.9 Å². The van der Waals surface area contributed by atoms with Crippen LogP contribution >= 0.6 is 23.4 Å². The lowest BCUT2D eigenvalue weighted by Crippen LogP contribution is -2.42. The number of aromatic nitrogens is 2. The number of ether oxygens (including phenoxy) is 1. The first-order valence-corrected chi connectivity index (χ1v) is 11.0. The van der Waals surface area contributed by atoms with E-state index in [0.29, 0.717) is 42.1 Å². The van der Waals surface area contributed by atoms with Crippen LogP contribution in [0.1, 0.15) is 12.8 Å². The predicted molar refractivity (Wildman–Crippen MR) is 112 cm³/mol. The molecule has 0 unspecified atom stereocenters. The molecule has 6 nitrogen and oxygen atoms in total. The maximum absolute atomic E-state index is 13.7. The summed E-state index contributed by atoms with van der Waals surface area (Å²) in [4.78, 5) is 14.2. The molecule has 31 heavy (non-hydrogen) atoms. The SMILES string of the molecule is O=C(CSc1nnc(-c2ccc(Cl)cc2)o1)N1CCC(Oc2ccc(F)cc2F)CC1. The van der Waals surface area contributed by atoms with Crippen molar-refractivity contribution in [3.63, 3.8) is 0 Å². The van der Waals surface area contributed by atoms with E-state index in [4.69, 9.17) is 20.8 Å².